The van der Waals surface area contributed by atoms with Gasteiger partial charge in [0.2, 0.25) is 0 Å². The molecule has 0 aliphatic carbocycles. The van der Waals surface area contributed by atoms with Gasteiger partial charge >= 0.3 is 6.18 Å². The minimum absolute atomic E-state index is 0.162. The van der Waals surface area contributed by atoms with Gasteiger partial charge in [-0.3, -0.25) is 5.10 Å². The zero-order valence-electron chi connectivity index (χ0n) is 7.07. The van der Waals surface area contributed by atoms with Crippen LogP contribution in [0.5, 0.6) is 0 Å². The molecule has 6 heteroatoms. The van der Waals surface area contributed by atoms with Crippen molar-refractivity contribution in [3.8, 4) is 0 Å². The summed E-state index contributed by atoms with van der Waals surface area (Å²) in [6.07, 6.45) is -4.20. The quantitative estimate of drug-likeness (QED) is 0.742. The van der Waals surface area contributed by atoms with Crippen molar-refractivity contribution >= 4 is 0 Å². The molecule has 0 amide bonds. The van der Waals surface area contributed by atoms with E-state index in [0.29, 0.717) is 5.69 Å². The maximum absolute atomic E-state index is 12.3. The predicted molar refractivity (Wildman–Crippen MR) is 41.1 cm³/mol. The number of nitrogens with two attached hydrogens (primary N) is 1. The average molecular weight is 193 g/mol. The van der Waals surface area contributed by atoms with Crippen LogP contribution in [0, 0.1) is 6.92 Å². The topological polar surface area (TPSA) is 54.7 Å². The lowest BCUT2D eigenvalue weighted by molar-refractivity contribution is -0.141. The summed E-state index contributed by atoms with van der Waals surface area (Å²) in [5.41, 5.74) is 4.93. The fourth-order valence-electron chi connectivity index (χ4n) is 1.14. The zero-order valence-corrected chi connectivity index (χ0v) is 7.07. The van der Waals surface area contributed by atoms with Crippen molar-refractivity contribution in [1.29, 1.82) is 0 Å². The molecule has 0 spiro atoms. The Morgan fingerprint density at radius 1 is 1.46 bits per heavy atom. The number of halogens is 3. The van der Waals surface area contributed by atoms with Gasteiger partial charge in [0.05, 0.1) is 0 Å². The first-order valence-electron chi connectivity index (χ1n) is 3.78. The Bertz CT molecular complexity index is 290. The molecule has 3 nitrogen and oxygen atoms in total. The second-order valence-electron chi connectivity index (χ2n) is 2.71. The van der Waals surface area contributed by atoms with Gasteiger partial charge in [0.1, 0.15) is 0 Å². The zero-order chi connectivity index (χ0) is 10.1. The van der Waals surface area contributed by atoms with Gasteiger partial charge in [-0.15, -0.1) is 0 Å². The SMILES string of the molecule is Cc1[nH]nc(C(F)(F)F)c1CCN. The van der Waals surface area contributed by atoms with Crippen LogP contribution >= 0.6 is 0 Å². The third-order valence-corrected chi connectivity index (χ3v) is 1.74. The first-order chi connectivity index (χ1) is 5.96. The molecular weight excluding hydrogens is 183 g/mol. The van der Waals surface area contributed by atoms with E-state index in [1.54, 1.807) is 6.92 Å². The van der Waals surface area contributed by atoms with Crippen LogP contribution in [0.15, 0.2) is 0 Å². The number of aromatic nitrogens is 2. The standard InChI is InChI=1S/C7H10F3N3/c1-4-5(2-3-11)6(13-12-4)7(8,9)10/h2-3,11H2,1H3,(H,12,13). The molecule has 1 heterocycles. The van der Waals surface area contributed by atoms with Crippen LogP contribution in [0.4, 0.5) is 13.2 Å². The minimum Gasteiger partial charge on any atom is -0.330 e. The lowest BCUT2D eigenvalue weighted by atomic mass is 10.1. The molecule has 1 aromatic rings. The van der Waals surface area contributed by atoms with E-state index in [9.17, 15) is 13.2 Å². The molecule has 0 fully saturated rings. The summed E-state index contributed by atoms with van der Waals surface area (Å²) in [5.74, 6) is 0. The summed E-state index contributed by atoms with van der Waals surface area (Å²) in [6.45, 7) is 1.73. The first kappa shape index (κ1) is 10.0. The summed E-state index contributed by atoms with van der Waals surface area (Å²) >= 11 is 0. The summed E-state index contributed by atoms with van der Waals surface area (Å²) in [5, 5.41) is 5.50. The van der Waals surface area contributed by atoms with Gasteiger partial charge in [0.15, 0.2) is 5.69 Å². The molecule has 13 heavy (non-hydrogen) atoms. The highest BCUT2D eigenvalue weighted by atomic mass is 19.4. The van der Waals surface area contributed by atoms with Crippen LogP contribution in [0.3, 0.4) is 0 Å². The lowest BCUT2D eigenvalue weighted by Crippen LogP contribution is -2.12. The van der Waals surface area contributed by atoms with Gasteiger partial charge < -0.3 is 5.73 Å². The molecule has 1 rings (SSSR count). The molecule has 0 atom stereocenters. The van der Waals surface area contributed by atoms with Crippen LogP contribution < -0.4 is 5.73 Å². The third kappa shape index (κ3) is 2.00. The number of rotatable bonds is 2. The number of nitrogens with zero attached hydrogens (tertiary/aromatic N) is 1. The molecule has 0 unspecified atom stereocenters. The highest BCUT2D eigenvalue weighted by Gasteiger charge is 2.36. The van der Waals surface area contributed by atoms with E-state index < -0.39 is 11.9 Å². The van der Waals surface area contributed by atoms with Crippen molar-refractivity contribution in [3.63, 3.8) is 0 Å². The van der Waals surface area contributed by atoms with Crippen LogP contribution in [0.25, 0.3) is 0 Å². The van der Waals surface area contributed by atoms with E-state index in [0.717, 1.165) is 0 Å². The Hall–Kier alpha value is -1.04. The molecule has 0 bridgehead atoms. The molecular formula is C7H10F3N3. The van der Waals surface area contributed by atoms with Crippen molar-refractivity contribution in [2.45, 2.75) is 19.5 Å². The Balaban J connectivity index is 3.07. The Morgan fingerprint density at radius 3 is 2.54 bits per heavy atom. The first-order valence-corrected chi connectivity index (χ1v) is 3.78. The van der Waals surface area contributed by atoms with Crippen LogP contribution in [-0.2, 0) is 12.6 Å². The molecule has 0 saturated heterocycles. The number of alkyl halides is 3. The summed E-state index contributed by atoms with van der Waals surface area (Å²) in [6, 6.07) is 0. The van der Waals surface area contributed by atoms with Crippen LogP contribution in [0.1, 0.15) is 17.0 Å². The van der Waals surface area contributed by atoms with Crippen LogP contribution in [-0.4, -0.2) is 16.7 Å². The molecule has 0 aliphatic rings. The largest absolute Gasteiger partial charge is 0.435 e. The van der Waals surface area contributed by atoms with Crippen LogP contribution in [0.2, 0.25) is 0 Å². The summed E-state index contributed by atoms with van der Waals surface area (Å²) < 4.78 is 36.8. The summed E-state index contributed by atoms with van der Waals surface area (Å²) in [7, 11) is 0. The molecule has 1 aromatic heterocycles. The van der Waals surface area contributed by atoms with E-state index in [1.165, 1.54) is 0 Å². The van der Waals surface area contributed by atoms with E-state index in [4.69, 9.17) is 5.73 Å². The van der Waals surface area contributed by atoms with Gasteiger partial charge in [-0.2, -0.15) is 18.3 Å². The smallest absolute Gasteiger partial charge is 0.330 e. The summed E-state index contributed by atoms with van der Waals surface area (Å²) in [4.78, 5) is 0. The number of hydrogen-bond acceptors (Lipinski definition) is 2. The van der Waals surface area contributed by atoms with E-state index in [1.807, 2.05) is 0 Å². The van der Waals surface area contributed by atoms with Gasteiger partial charge in [-0.25, -0.2) is 0 Å². The van der Waals surface area contributed by atoms with Gasteiger partial charge in [0, 0.05) is 11.3 Å². The Labute approximate surface area is 73.1 Å². The second-order valence-corrected chi connectivity index (χ2v) is 2.71. The van der Waals surface area contributed by atoms with Gasteiger partial charge in [0.25, 0.3) is 0 Å². The van der Waals surface area contributed by atoms with Gasteiger partial charge in [-0.1, -0.05) is 0 Å². The molecule has 0 aliphatic heterocycles. The van der Waals surface area contributed by atoms with E-state index >= 15 is 0 Å². The van der Waals surface area contributed by atoms with Crippen molar-refractivity contribution in [1.82, 2.24) is 10.2 Å². The molecule has 0 radical (unpaired) electrons. The Kier molecular flexibility index (Phi) is 2.60. The number of hydrogen-bond donors (Lipinski definition) is 2. The van der Waals surface area contributed by atoms with Gasteiger partial charge in [-0.05, 0) is 19.9 Å². The average Bonchev–Trinajstić information content (AvgIpc) is 2.32. The van der Waals surface area contributed by atoms with E-state index in [2.05, 4.69) is 10.2 Å². The van der Waals surface area contributed by atoms with Crippen molar-refractivity contribution in [2.24, 2.45) is 5.73 Å². The Morgan fingerprint density at radius 2 is 2.08 bits per heavy atom. The minimum atomic E-state index is -4.39. The fraction of sp³-hybridized carbons (Fsp3) is 0.571. The van der Waals surface area contributed by atoms with Crippen molar-refractivity contribution in [3.05, 3.63) is 17.0 Å². The predicted octanol–water partition coefficient (Wildman–Crippen LogP) is 1.24. The molecule has 0 saturated carbocycles. The van der Waals surface area contributed by atoms with E-state index in [-0.39, 0.29) is 18.5 Å². The third-order valence-electron chi connectivity index (χ3n) is 1.74. The number of nitrogens with one attached hydrogen (secondary N) is 1. The number of H-pyrrole nitrogens is 1. The number of aryl methyl sites for hydroxylation is 1. The van der Waals surface area contributed by atoms with Crippen molar-refractivity contribution < 1.29 is 13.2 Å². The normalized spacial score (nSPS) is 12.1. The van der Waals surface area contributed by atoms with Crippen molar-refractivity contribution in [2.75, 3.05) is 6.54 Å². The molecule has 0 aromatic carbocycles. The molecule has 3 N–H and O–H groups in total. The highest BCUT2D eigenvalue weighted by Crippen LogP contribution is 2.31. The highest BCUT2D eigenvalue weighted by molar-refractivity contribution is 5.26. The monoisotopic (exact) mass is 193 g/mol. The molecule has 74 valence electrons. The maximum Gasteiger partial charge on any atom is 0.435 e. The second kappa shape index (κ2) is 3.37. The lowest BCUT2D eigenvalue weighted by Gasteiger charge is -2.05. The number of aromatic amines is 1. The maximum atomic E-state index is 12.3. The fourth-order valence-corrected chi connectivity index (χ4v) is 1.14.